The predicted octanol–water partition coefficient (Wildman–Crippen LogP) is 1.46. The minimum absolute atomic E-state index is 0.0204. The summed E-state index contributed by atoms with van der Waals surface area (Å²) in [7, 11) is -2.15. The van der Waals surface area contributed by atoms with Crippen LogP contribution < -0.4 is 15.2 Å². The average molecular weight is 321 g/mol. The Kier molecular flexibility index (Phi) is 4.55. The lowest BCUT2D eigenvalue weighted by Crippen LogP contribution is -2.25. The summed E-state index contributed by atoms with van der Waals surface area (Å²) in [5.74, 6) is 0.506. The summed E-state index contributed by atoms with van der Waals surface area (Å²) in [6.07, 6.45) is 0. The molecule has 0 atom stereocenters. The Hall–Kier alpha value is -1.05. The second-order valence-electron chi connectivity index (χ2n) is 3.25. The quantitative estimate of drug-likeness (QED) is 0.805. The molecule has 0 saturated heterocycles. The SMILES string of the molecule is C=C(Br)CNS(=O)(=O)c1ccc(OC)cc1N. The Bertz CT molecular complexity index is 528. The van der Waals surface area contributed by atoms with Crippen LogP contribution in [0.5, 0.6) is 5.75 Å². The van der Waals surface area contributed by atoms with E-state index in [4.69, 9.17) is 10.5 Å². The molecule has 0 bridgehead atoms. The first-order valence-electron chi connectivity index (χ1n) is 4.63. The Morgan fingerprint density at radius 3 is 2.71 bits per heavy atom. The Morgan fingerprint density at radius 1 is 1.59 bits per heavy atom. The molecule has 7 heteroatoms. The molecule has 0 aliphatic carbocycles. The largest absolute Gasteiger partial charge is 0.497 e. The molecule has 0 radical (unpaired) electrons. The van der Waals surface area contributed by atoms with Crippen molar-refractivity contribution in [2.45, 2.75) is 4.90 Å². The maximum atomic E-state index is 11.9. The lowest BCUT2D eigenvalue weighted by atomic mass is 10.3. The second-order valence-corrected chi connectivity index (χ2v) is 6.10. The standard InChI is InChI=1S/C10H13BrN2O3S/c1-7(11)6-13-17(14,15)10-4-3-8(16-2)5-9(10)12/h3-5,13H,1,6,12H2,2H3. The normalized spacial score (nSPS) is 11.2. The summed E-state index contributed by atoms with van der Waals surface area (Å²) in [6.45, 7) is 3.65. The topological polar surface area (TPSA) is 81.4 Å². The molecule has 1 rings (SSSR count). The third kappa shape index (κ3) is 3.72. The van der Waals surface area contributed by atoms with Gasteiger partial charge in [0.15, 0.2) is 0 Å². The number of hydrogen-bond donors (Lipinski definition) is 2. The van der Waals surface area contributed by atoms with Gasteiger partial charge in [0.1, 0.15) is 10.6 Å². The first kappa shape index (κ1) is 14.0. The number of halogens is 1. The van der Waals surface area contributed by atoms with E-state index in [0.29, 0.717) is 10.2 Å². The van der Waals surface area contributed by atoms with Crippen LogP contribution in [0.2, 0.25) is 0 Å². The zero-order chi connectivity index (χ0) is 13.1. The fraction of sp³-hybridized carbons (Fsp3) is 0.200. The van der Waals surface area contributed by atoms with Crippen molar-refractivity contribution in [2.75, 3.05) is 19.4 Å². The molecule has 1 aromatic rings. The van der Waals surface area contributed by atoms with Crippen molar-refractivity contribution in [1.82, 2.24) is 4.72 Å². The van der Waals surface area contributed by atoms with Gasteiger partial charge in [0.2, 0.25) is 10.0 Å². The number of nitrogen functional groups attached to an aromatic ring is 1. The number of nitrogens with one attached hydrogen (secondary N) is 1. The summed E-state index contributed by atoms with van der Waals surface area (Å²) in [4.78, 5) is 0.0204. The summed E-state index contributed by atoms with van der Waals surface area (Å²) < 4.78 is 31.6. The van der Waals surface area contributed by atoms with E-state index in [1.165, 1.54) is 25.3 Å². The van der Waals surface area contributed by atoms with E-state index in [1.54, 1.807) is 0 Å². The van der Waals surface area contributed by atoms with E-state index in [9.17, 15) is 8.42 Å². The molecule has 1 aromatic carbocycles. The first-order valence-corrected chi connectivity index (χ1v) is 6.91. The molecule has 0 aliphatic heterocycles. The Labute approximate surface area is 109 Å². The molecule has 0 amide bonds. The highest BCUT2D eigenvalue weighted by molar-refractivity contribution is 9.11. The van der Waals surface area contributed by atoms with Crippen molar-refractivity contribution in [3.8, 4) is 5.75 Å². The van der Waals surface area contributed by atoms with Gasteiger partial charge >= 0.3 is 0 Å². The van der Waals surface area contributed by atoms with Crippen molar-refractivity contribution in [3.63, 3.8) is 0 Å². The van der Waals surface area contributed by atoms with Gasteiger partial charge in [-0.2, -0.15) is 0 Å². The summed E-state index contributed by atoms with van der Waals surface area (Å²) in [5, 5.41) is 0. The molecule has 17 heavy (non-hydrogen) atoms. The van der Waals surface area contributed by atoms with E-state index in [-0.39, 0.29) is 17.1 Å². The molecule has 0 aromatic heterocycles. The lowest BCUT2D eigenvalue weighted by molar-refractivity contribution is 0.414. The fourth-order valence-corrected chi connectivity index (χ4v) is 2.61. The number of anilines is 1. The minimum Gasteiger partial charge on any atom is -0.497 e. The molecule has 5 nitrogen and oxygen atoms in total. The number of hydrogen-bond acceptors (Lipinski definition) is 4. The third-order valence-electron chi connectivity index (χ3n) is 1.96. The maximum absolute atomic E-state index is 11.9. The van der Waals surface area contributed by atoms with Crippen LogP contribution in [0.1, 0.15) is 0 Å². The van der Waals surface area contributed by atoms with Gasteiger partial charge in [0.05, 0.1) is 12.8 Å². The molecule has 0 heterocycles. The van der Waals surface area contributed by atoms with Gasteiger partial charge in [0.25, 0.3) is 0 Å². The monoisotopic (exact) mass is 320 g/mol. The number of nitrogens with two attached hydrogens (primary N) is 1. The first-order chi connectivity index (χ1) is 7.86. The molecule has 0 spiro atoms. The molecular formula is C10H13BrN2O3S. The van der Waals surface area contributed by atoms with Crippen LogP contribution in [0.3, 0.4) is 0 Å². The molecule has 94 valence electrons. The zero-order valence-corrected chi connectivity index (χ0v) is 11.6. The van der Waals surface area contributed by atoms with Crippen LogP contribution in [-0.2, 0) is 10.0 Å². The summed E-state index contributed by atoms with van der Waals surface area (Å²) in [6, 6.07) is 4.39. The predicted molar refractivity (Wildman–Crippen MR) is 70.7 cm³/mol. The van der Waals surface area contributed by atoms with Gasteiger partial charge in [-0.3, -0.25) is 0 Å². The molecule has 0 aliphatic rings. The van der Waals surface area contributed by atoms with Gasteiger partial charge in [-0.05, 0) is 12.1 Å². The highest BCUT2D eigenvalue weighted by atomic mass is 79.9. The minimum atomic E-state index is -3.63. The number of rotatable bonds is 5. The van der Waals surface area contributed by atoms with Crippen LogP contribution >= 0.6 is 15.9 Å². The van der Waals surface area contributed by atoms with Crippen LogP contribution in [0.15, 0.2) is 34.2 Å². The highest BCUT2D eigenvalue weighted by Crippen LogP contribution is 2.23. The molecule has 0 saturated carbocycles. The van der Waals surface area contributed by atoms with E-state index >= 15 is 0 Å². The van der Waals surface area contributed by atoms with Gasteiger partial charge in [-0.15, -0.1) is 0 Å². The fourth-order valence-electron chi connectivity index (χ4n) is 1.15. The van der Waals surface area contributed by atoms with Crippen LogP contribution in [-0.4, -0.2) is 22.1 Å². The smallest absolute Gasteiger partial charge is 0.242 e. The Morgan fingerprint density at radius 2 is 2.24 bits per heavy atom. The van der Waals surface area contributed by atoms with E-state index in [2.05, 4.69) is 27.2 Å². The van der Waals surface area contributed by atoms with Crippen LogP contribution in [0.25, 0.3) is 0 Å². The zero-order valence-electron chi connectivity index (χ0n) is 9.23. The number of ether oxygens (including phenoxy) is 1. The summed E-state index contributed by atoms with van der Waals surface area (Å²) in [5.41, 5.74) is 5.79. The number of benzene rings is 1. The van der Waals surface area contributed by atoms with Crippen LogP contribution in [0, 0.1) is 0 Å². The summed E-state index contributed by atoms with van der Waals surface area (Å²) >= 11 is 3.07. The van der Waals surface area contributed by atoms with Gasteiger partial charge < -0.3 is 10.5 Å². The molecular weight excluding hydrogens is 308 g/mol. The van der Waals surface area contributed by atoms with Crippen molar-refractivity contribution < 1.29 is 13.2 Å². The highest BCUT2D eigenvalue weighted by Gasteiger charge is 2.17. The van der Waals surface area contributed by atoms with Crippen LogP contribution in [0.4, 0.5) is 5.69 Å². The molecule has 0 unspecified atom stereocenters. The lowest BCUT2D eigenvalue weighted by Gasteiger charge is -2.09. The molecule has 3 N–H and O–H groups in total. The van der Waals surface area contributed by atoms with Gasteiger partial charge in [-0.25, -0.2) is 13.1 Å². The number of methoxy groups -OCH3 is 1. The molecule has 0 fully saturated rings. The van der Waals surface area contributed by atoms with E-state index < -0.39 is 10.0 Å². The average Bonchev–Trinajstić information content (AvgIpc) is 2.26. The van der Waals surface area contributed by atoms with E-state index in [1.807, 2.05) is 0 Å². The van der Waals surface area contributed by atoms with Crippen molar-refractivity contribution in [3.05, 3.63) is 29.3 Å². The number of sulfonamides is 1. The second kappa shape index (κ2) is 5.52. The van der Waals surface area contributed by atoms with Crippen molar-refractivity contribution in [2.24, 2.45) is 0 Å². The Balaban J connectivity index is 3.03. The van der Waals surface area contributed by atoms with E-state index in [0.717, 1.165) is 0 Å². The third-order valence-corrected chi connectivity index (χ3v) is 3.72. The van der Waals surface area contributed by atoms with Crippen molar-refractivity contribution >= 4 is 31.6 Å². The van der Waals surface area contributed by atoms with Gasteiger partial charge in [0, 0.05) is 17.1 Å². The van der Waals surface area contributed by atoms with Crippen molar-refractivity contribution in [1.29, 1.82) is 0 Å². The maximum Gasteiger partial charge on any atom is 0.242 e. The van der Waals surface area contributed by atoms with Gasteiger partial charge in [-0.1, -0.05) is 22.5 Å².